The van der Waals surface area contributed by atoms with E-state index in [9.17, 15) is 8.42 Å². The van der Waals surface area contributed by atoms with Gasteiger partial charge in [-0.3, -0.25) is 4.31 Å². The number of rotatable bonds is 7. The lowest BCUT2D eigenvalue weighted by atomic mass is 10.2. The van der Waals surface area contributed by atoms with E-state index in [0.29, 0.717) is 12.2 Å². The third-order valence-electron chi connectivity index (χ3n) is 4.17. The Balaban J connectivity index is 1.63. The van der Waals surface area contributed by atoms with Crippen LogP contribution in [0.4, 0.5) is 11.4 Å². The summed E-state index contributed by atoms with van der Waals surface area (Å²) in [5, 5.41) is 3.26. The molecule has 0 heterocycles. The van der Waals surface area contributed by atoms with Crippen molar-refractivity contribution >= 4 is 27.5 Å². The molecule has 0 spiro atoms. The first-order valence-electron chi connectivity index (χ1n) is 8.67. The molecule has 4 nitrogen and oxygen atoms in total. The summed E-state index contributed by atoms with van der Waals surface area (Å²) in [4.78, 5) is 0.263. The van der Waals surface area contributed by atoms with Crippen LogP contribution >= 0.6 is 0 Å². The summed E-state index contributed by atoms with van der Waals surface area (Å²) >= 11 is 0. The number of hydrogen-bond donors (Lipinski definition) is 1. The fraction of sp³-hybridized carbons (Fsp3) is 0.0909. The van der Waals surface area contributed by atoms with E-state index in [1.54, 1.807) is 43.4 Å². The number of anilines is 2. The standard InChI is InChI=1S/C22H22N2O2S/c1-24(21-12-6-3-7-13-21)27(25,26)22-16-14-20(15-17-22)23-18-8-11-19-9-4-2-5-10-19/h2-17,23H,18H2,1H3/b11-8+. The molecule has 3 aromatic rings. The van der Waals surface area contributed by atoms with E-state index >= 15 is 0 Å². The maximum Gasteiger partial charge on any atom is 0.264 e. The van der Waals surface area contributed by atoms with Crippen LogP contribution in [0.15, 0.2) is 95.9 Å². The van der Waals surface area contributed by atoms with Crippen molar-refractivity contribution in [2.75, 3.05) is 23.2 Å². The Morgan fingerprint density at radius 2 is 1.44 bits per heavy atom. The lowest BCUT2D eigenvalue weighted by Gasteiger charge is -2.19. The Morgan fingerprint density at radius 1 is 0.852 bits per heavy atom. The van der Waals surface area contributed by atoms with E-state index in [2.05, 4.69) is 5.32 Å². The lowest BCUT2D eigenvalue weighted by molar-refractivity contribution is 0.594. The monoisotopic (exact) mass is 378 g/mol. The molecule has 5 heteroatoms. The van der Waals surface area contributed by atoms with Gasteiger partial charge in [0.25, 0.3) is 10.0 Å². The molecule has 0 aromatic heterocycles. The molecule has 0 fully saturated rings. The van der Waals surface area contributed by atoms with Gasteiger partial charge in [-0.2, -0.15) is 0 Å². The molecular formula is C22H22N2O2S. The normalized spacial score (nSPS) is 11.4. The highest BCUT2D eigenvalue weighted by atomic mass is 32.2. The summed E-state index contributed by atoms with van der Waals surface area (Å²) in [6.45, 7) is 0.658. The quantitative estimate of drug-likeness (QED) is 0.652. The zero-order chi connectivity index (χ0) is 19.1. The highest BCUT2D eigenvalue weighted by Gasteiger charge is 2.20. The molecule has 0 bridgehead atoms. The van der Waals surface area contributed by atoms with Gasteiger partial charge in [-0.15, -0.1) is 0 Å². The molecule has 0 unspecified atom stereocenters. The smallest absolute Gasteiger partial charge is 0.264 e. The van der Waals surface area contributed by atoms with Crippen molar-refractivity contribution in [3.63, 3.8) is 0 Å². The molecule has 1 N–H and O–H groups in total. The minimum Gasteiger partial charge on any atom is -0.382 e. The molecule has 0 amide bonds. The summed E-state index contributed by atoms with van der Waals surface area (Å²) in [6, 6.07) is 25.9. The number of nitrogens with one attached hydrogen (secondary N) is 1. The second-order valence-electron chi connectivity index (χ2n) is 6.03. The van der Waals surface area contributed by atoms with Crippen LogP contribution in [0.2, 0.25) is 0 Å². The van der Waals surface area contributed by atoms with Crippen LogP contribution in [0.25, 0.3) is 6.08 Å². The summed E-state index contributed by atoms with van der Waals surface area (Å²) in [7, 11) is -2.02. The SMILES string of the molecule is CN(c1ccccc1)S(=O)(=O)c1ccc(NC/C=C/c2ccccc2)cc1. The largest absolute Gasteiger partial charge is 0.382 e. The van der Waals surface area contributed by atoms with Crippen molar-refractivity contribution < 1.29 is 8.42 Å². The average molecular weight is 378 g/mol. The molecule has 0 aliphatic heterocycles. The van der Waals surface area contributed by atoms with Crippen LogP contribution in [-0.4, -0.2) is 22.0 Å². The van der Waals surface area contributed by atoms with Gasteiger partial charge in [-0.25, -0.2) is 8.42 Å². The van der Waals surface area contributed by atoms with Crippen molar-refractivity contribution in [1.29, 1.82) is 0 Å². The molecular weight excluding hydrogens is 356 g/mol. The Hall–Kier alpha value is -3.05. The van der Waals surface area contributed by atoms with Gasteiger partial charge in [-0.1, -0.05) is 60.7 Å². The lowest BCUT2D eigenvalue weighted by Crippen LogP contribution is -2.26. The number of nitrogens with zero attached hydrogens (tertiary/aromatic N) is 1. The third kappa shape index (κ3) is 4.77. The van der Waals surface area contributed by atoms with Gasteiger partial charge in [0, 0.05) is 19.3 Å². The number of benzene rings is 3. The number of hydrogen-bond acceptors (Lipinski definition) is 3. The summed E-state index contributed by atoms with van der Waals surface area (Å²) < 4.78 is 26.8. The van der Waals surface area contributed by atoms with E-state index in [0.717, 1.165) is 11.3 Å². The molecule has 138 valence electrons. The van der Waals surface area contributed by atoms with Crippen molar-refractivity contribution in [3.8, 4) is 0 Å². The van der Waals surface area contributed by atoms with Gasteiger partial charge < -0.3 is 5.32 Å². The van der Waals surface area contributed by atoms with Crippen LogP contribution in [-0.2, 0) is 10.0 Å². The first kappa shape index (κ1) is 18.7. The predicted octanol–water partition coefficient (Wildman–Crippen LogP) is 4.64. The Morgan fingerprint density at radius 3 is 2.07 bits per heavy atom. The zero-order valence-corrected chi connectivity index (χ0v) is 15.9. The summed E-state index contributed by atoms with van der Waals surface area (Å²) in [5.41, 5.74) is 2.64. The van der Waals surface area contributed by atoms with Crippen LogP contribution < -0.4 is 9.62 Å². The van der Waals surface area contributed by atoms with Gasteiger partial charge in [-0.05, 0) is 42.0 Å². The Labute approximate surface area is 160 Å². The van der Waals surface area contributed by atoms with Gasteiger partial charge in [0.05, 0.1) is 10.6 Å². The van der Waals surface area contributed by atoms with E-state index in [-0.39, 0.29) is 4.90 Å². The van der Waals surface area contributed by atoms with Gasteiger partial charge in [0.1, 0.15) is 0 Å². The molecule has 3 rings (SSSR count). The maximum atomic E-state index is 12.8. The Kier molecular flexibility index (Phi) is 5.94. The molecule has 0 aliphatic rings. The van der Waals surface area contributed by atoms with Crippen LogP contribution in [0.1, 0.15) is 5.56 Å². The maximum absolute atomic E-state index is 12.8. The second kappa shape index (κ2) is 8.56. The van der Waals surface area contributed by atoms with Gasteiger partial charge >= 0.3 is 0 Å². The highest BCUT2D eigenvalue weighted by molar-refractivity contribution is 7.92. The first-order chi connectivity index (χ1) is 13.1. The highest BCUT2D eigenvalue weighted by Crippen LogP contribution is 2.22. The topological polar surface area (TPSA) is 49.4 Å². The average Bonchev–Trinajstić information content (AvgIpc) is 2.72. The van der Waals surface area contributed by atoms with Gasteiger partial charge in [0.2, 0.25) is 0 Å². The summed E-state index contributed by atoms with van der Waals surface area (Å²) in [6.07, 6.45) is 4.07. The molecule has 0 aliphatic carbocycles. The van der Waals surface area contributed by atoms with Crippen LogP contribution in [0.5, 0.6) is 0 Å². The summed E-state index contributed by atoms with van der Waals surface area (Å²) in [5.74, 6) is 0. The van der Waals surface area contributed by atoms with Crippen LogP contribution in [0, 0.1) is 0 Å². The predicted molar refractivity (Wildman–Crippen MR) is 112 cm³/mol. The molecule has 27 heavy (non-hydrogen) atoms. The molecule has 0 saturated heterocycles. The third-order valence-corrected chi connectivity index (χ3v) is 5.97. The van der Waals surface area contributed by atoms with Crippen molar-refractivity contribution in [2.24, 2.45) is 0 Å². The number of sulfonamides is 1. The van der Waals surface area contributed by atoms with Crippen LogP contribution in [0.3, 0.4) is 0 Å². The molecule has 0 saturated carbocycles. The van der Waals surface area contributed by atoms with E-state index in [1.807, 2.05) is 60.7 Å². The van der Waals surface area contributed by atoms with E-state index in [1.165, 1.54) is 4.31 Å². The fourth-order valence-electron chi connectivity index (χ4n) is 2.62. The first-order valence-corrected chi connectivity index (χ1v) is 10.1. The molecule has 0 atom stereocenters. The molecule has 3 aromatic carbocycles. The van der Waals surface area contributed by atoms with E-state index in [4.69, 9.17) is 0 Å². The minimum absolute atomic E-state index is 0.263. The fourth-order valence-corrected chi connectivity index (χ4v) is 3.81. The number of para-hydroxylation sites is 1. The van der Waals surface area contributed by atoms with E-state index < -0.39 is 10.0 Å². The zero-order valence-electron chi connectivity index (χ0n) is 15.1. The Bertz CT molecular complexity index is 984. The molecule has 0 radical (unpaired) electrons. The minimum atomic E-state index is -3.58. The van der Waals surface area contributed by atoms with Gasteiger partial charge in [0.15, 0.2) is 0 Å². The van der Waals surface area contributed by atoms with Crippen molar-refractivity contribution in [1.82, 2.24) is 0 Å². The van der Waals surface area contributed by atoms with Crippen molar-refractivity contribution in [3.05, 3.63) is 96.6 Å². The second-order valence-corrected chi connectivity index (χ2v) is 8.00. The van der Waals surface area contributed by atoms with Crippen molar-refractivity contribution in [2.45, 2.75) is 4.90 Å².